The van der Waals surface area contributed by atoms with Gasteiger partial charge in [-0.3, -0.25) is 0 Å². The highest BCUT2D eigenvalue weighted by Gasteiger charge is 2.23. The van der Waals surface area contributed by atoms with Gasteiger partial charge >= 0.3 is 5.97 Å². The summed E-state index contributed by atoms with van der Waals surface area (Å²) < 4.78 is 28.3. The van der Waals surface area contributed by atoms with Gasteiger partial charge in [-0.2, -0.15) is 0 Å². The van der Waals surface area contributed by atoms with E-state index in [1.54, 1.807) is 25.1 Å². The maximum absolute atomic E-state index is 12.3. The van der Waals surface area contributed by atoms with Gasteiger partial charge in [0.2, 0.25) is 5.89 Å². The molecule has 0 amide bonds. The Morgan fingerprint density at radius 1 is 1.06 bits per heavy atom. The lowest BCUT2D eigenvalue weighted by Gasteiger charge is -2.18. The Morgan fingerprint density at radius 2 is 1.88 bits per heavy atom. The van der Waals surface area contributed by atoms with Crippen molar-refractivity contribution >= 4 is 17.6 Å². The third kappa shape index (κ3) is 6.74. The molecule has 0 aliphatic heterocycles. The SMILES string of the molecule is CCOC(=O)C(Cc1ccc(OCc2nc(-c3cccc(Cl)c3)oc2C)cc1OCC)OCC. The molecule has 0 aliphatic rings. The van der Waals surface area contributed by atoms with E-state index >= 15 is 0 Å². The Balaban J connectivity index is 1.73. The highest BCUT2D eigenvalue weighted by molar-refractivity contribution is 6.30. The number of halogens is 1. The molecule has 1 unspecified atom stereocenters. The van der Waals surface area contributed by atoms with Gasteiger partial charge in [-0.25, -0.2) is 9.78 Å². The number of carbonyl (C=O) groups is 1. The highest BCUT2D eigenvalue weighted by Crippen LogP contribution is 2.29. The first-order valence-corrected chi connectivity index (χ1v) is 11.7. The van der Waals surface area contributed by atoms with Gasteiger partial charge in [0, 0.05) is 29.7 Å². The van der Waals surface area contributed by atoms with Crippen molar-refractivity contribution in [2.45, 2.75) is 46.8 Å². The molecule has 7 nitrogen and oxygen atoms in total. The zero-order valence-electron chi connectivity index (χ0n) is 19.9. The molecule has 3 rings (SSSR count). The van der Waals surface area contributed by atoms with Crippen molar-refractivity contribution in [1.29, 1.82) is 0 Å². The fourth-order valence-electron chi connectivity index (χ4n) is 3.39. The third-order valence-corrected chi connectivity index (χ3v) is 5.24. The number of hydrogen-bond donors (Lipinski definition) is 0. The first-order chi connectivity index (χ1) is 16.4. The highest BCUT2D eigenvalue weighted by atomic mass is 35.5. The molecule has 3 aromatic rings. The summed E-state index contributed by atoms with van der Waals surface area (Å²) >= 11 is 6.08. The van der Waals surface area contributed by atoms with Gasteiger partial charge in [-0.05, 0) is 57.5 Å². The van der Waals surface area contributed by atoms with Gasteiger partial charge in [0.1, 0.15) is 29.6 Å². The minimum Gasteiger partial charge on any atom is -0.493 e. The number of rotatable bonds is 12. The molecule has 0 aliphatic carbocycles. The number of nitrogens with zero attached hydrogens (tertiary/aromatic N) is 1. The second kappa shape index (κ2) is 12.4. The monoisotopic (exact) mass is 487 g/mol. The van der Waals surface area contributed by atoms with Crippen LogP contribution in [0.5, 0.6) is 11.5 Å². The van der Waals surface area contributed by atoms with E-state index < -0.39 is 6.10 Å². The maximum Gasteiger partial charge on any atom is 0.335 e. The minimum absolute atomic E-state index is 0.227. The van der Waals surface area contributed by atoms with Crippen molar-refractivity contribution in [1.82, 2.24) is 4.98 Å². The molecule has 0 saturated carbocycles. The number of hydrogen-bond acceptors (Lipinski definition) is 7. The van der Waals surface area contributed by atoms with E-state index in [2.05, 4.69) is 4.98 Å². The van der Waals surface area contributed by atoms with E-state index in [9.17, 15) is 4.79 Å². The largest absolute Gasteiger partial charge is 0.493 e. The van der Waals surface area contributed by atoms with Gasteiger partial charge in [-0.1, -0.05) is 23.7 Å². The molecule has 1 atom stereocenters. The van der Waals surface area contributed by atoms with E-state index in [-0.39, 0.29) is 12.6 Å². The predicted octanol–water partition coefficient (Wildman–Crippen LogP) is 5.79. The van der Waals surface area contributed by atoms with Gasteiger partial charge < -0.3 is 23.4 Å². The van der Waals surface area contributed by atoms with Gasteiger partial charge in [0.15, 0.2) is 6.10 Å². The molecule has 0 fully saturated rings. The summed E-state index contributed by atoms with van der Waals surface area (Å²) in [6, 6.07) is 12.9. The Bertz CT molecular complexity index is 1100. The van der Waals surface area contributed by atoms with Gasteiger partial charge in [-0.15, -0.1) is 0 Å². The van der Waals surface area contributed by atoms with Crippen LogP contribution in [0.3, 0.4) is 0 Å². The average molecular weight is 488 g/mol. The van der Waals surface area contributed by atoms with Crippen LogP contribution in [0.4, 0.5) is 0 Å². The summed E-state index contributed by atoms with van der Waals surface area (Å²) in [6.45, 7) is 8.77. The van der Waals surface area contributed by atoms with Crippen molar-refractivity contribution in [3.63, 3.8) is 0 Å². The van der Waals surface area contributed by atoms with Crippen LogP contribution in [0.25, 0.3) is 11.5 Å². The summed E-state index contributed by atoms with van der Waals surface area (Å²) in [6.07, 6.45) is -0.355. The van der Waals surface area contributed by atoms with Gasteiger partial charge in [0.05, 0.1) is 13.2 Å². The number of esters is 1. The van der Waals surface area contributed by atoms with Crippen molar-refractivity contribution < 1.29 is 28.2 Å². The Labute approximate surface area is 204 Å². The first kappa shape index (κ1) is 25.6. The lowest BCUT2D eigenvalue weighted by molar-refractivity contribution is -0.156. The molecule has 1 heterocycles. The molecule has 0 bridgehead atoms. The number of ether oxygens (including phenoxy) is 4. The number of benzene rings is 2. The van der Waals surface area contributed by atoms with Gasteiger partial charge in [0.25, 0.3) is 0 Å². The van der Waals surface area contributed by atoms with Crippen LogP contribution in [0.15, 0.2) is 46.9 Å². The second-order valence-corrected chi connectivity index (χ2v) is 7.86. The predicted molar refractivity (Wildman–Crippen MR) is 129 cm³/mol. The number of aromatic nitrogens is 1. The zero-order chi connectivity index (χ0) is 24.5. The number of oxazole rings is 1. The van der Waals surface area contributed by atoms with E-state index in [0.717, 1.165) is 11.1 Å². The Kier molecular flexibility index (Phi) is 9.36. The number of carbonyl (C=O) groups excluding carboxylic acids is 1. The van der Waals surface area contributed by atoms with Crippen LogP contribution >= 0.6 is 11.6 Å². The molecule has 0 spiro atoms. The molecule has 182 valence electrons. The zero-order valence-corrected chi connectivity index (χ0v) is 20.7. The molecule has 0 radical (unpaired) electrons. The fraction of sp³-hybridized carbons (Fsp3) is 0.385. The van der Waals surface area contributed by atoms with E-state index in [0.29, 0.717) is 60.1 Å². The smallest absolute Gasteiger partial charge is 0.335 e. The average Bonchev–Trinajstić information content (AvgIpc) is 3.19. The normalized spacial score (nSPS) is 11.8. The van der Waals surface area contributed by atoms with E-state index in [1.807, 2.05) is 45.0 Å². The topological polar surface area (TPSA) is 80.0 Å². The Morgan fingerprint density at radius 3 is 2.59 bits per heavy atom. The van der Waals surface area contributed by atoms with Crippen molar-refractivity contribution in [3.05, 3.63) is 64.5 Å². The Hall–Kier alpha value is -3.03. The van der Waals surface area contributed by atoms with E-state index in [1.165, 1.54) is 0 Å². The summed E-state index contributed by atoms with van der Waals surface area (Å²) in [5.74, 6) is 2.02. The standard InChI is InChI=1S/C26H30ClNO6/c1-5-30-23-15-21(12-11-18(23)14-24(31-6-2)26(29)32-7-3)33-16-22-17(4)34-25(28-22)19-9-8-10-20(27)13-19/h8-13,15,24H,5-7,14,16H2,1-4H3. The minimum atomic E-state index is -0.696. The molecule has 8 heteroatoms. The number of aryl methyl sites for hydroxylation is 1. The molecule has 2 aromatic carbocycles. The van der Waals surface area contributed by atoms with Crippen molar-refractivity contribution in [2.24, 2.45) is 0 Å². The van der Waals surface area contributed by atoms with Crippen LogP contribution in [-0.2, 0) is 27.3 Å². The molecule has 1 aromatic heterocycles. The lowest BCUT2D eigenvalue weighted by atomic mass is 10.1. The summed E-state index contributed by atoms with van der Waals surface area (Å²) in [4.78, 5) is 16.8. The van der Waals surface area contributed by atoms with Crippen molar-refractivity contribution in [2.75, 3.05) is 19.8 Å². The van der Waals surface area contributed by atoms with Crippen LogP contribution in [0.1, 0.15) is 37.8 Å². The molecular formula is C26H30ClNO6. The molecule has 0 N–H and O–H groups in total. The molecular weight excluding hydrogens is 458 g/mol. The van der Waals surface area contributed by atoms with Crippen LogP contribution in [-0.4, -0.2) is 36.9 Å². The quantitative estimate of drug-likeness (QED) is 0.299. The summed E-state index contributed by atoms with van der Waals surface area (Å²) in [5, 5.41) is 0.615. The summed E-state index contributed by atoms with van der Waals surface area (Å²) in [5.41, 5.74) is 2.33. The van der Waals surface area contributed by atoms with Crippen LogP contribution in [0.2, 0.25) is 5.02 Å². The summed E-state index contributed by atoms with van der Waals surface area (Å²) in [7, 11) is 0. The lowest BCUT2D eigenvalue weighted by Crippen LogP contribution is -2.29. The third-order valence-electron chi connectivity index (χ3n) is 5.00. The molecule has 34 heavy (non-hydrogen) atoms. The van der Waals surface area contributed by atoms with E-state index in [4.69, 9.17) is 35.0 Å². The first-order valence-electron chi connectivity index (χ1n) is 11.3. The van der Waals surface area contributed by atoms with Crippen LogP contribution in [0, 0.1) is 6.92 Å². The van der Waals surface area contributed by atoms with Crippen molar-refractivity contribution in [3.8, 4) is 23.0 Å². The second-order valence-electron chi connectivity index (χ2n) is 7.42. The fourth-order valence-corrected chi connectivity index (χ4v) is 3.58. The van der Waals surface area contributed by atoms with Crippen LogP contribution < -0.4 is 9.47 Å². The maximum atomic E-state index is 12.3. The molecule has 0 saturated heterocycles.